The molecular weight excluding hydrogens is 250 g/mol. The van der Waals surface area contributed by atoms with Crippen LogP contribution in [0.3, 0.4) is 0 Å². The van der Waals surface area contributed by atoms with E-state index in [-0.39, 0.29) is 5.38 Å². The third-order valence-corrected chi connectivity index (χ3v) is 4.95. The Balaban J connectivity index is 2.36. The van der Waals surface area contributed by atoms with Gasteiger partial charge in [-0.1, -0.05) is 0 Å². The highest BCUT2D eigenvalue weighted by molar-refractivity contribution is 7.92. The van der Waals surface area contributed by atoms with Crippen molar-refractivity contribution in [3.63, 3.8) is 0 Å². The van der Waals surface area contributed by atoms with Gasteiger partial charge >= 0.3 is 0 Å². The zero-order valence-electron chi connectivity index (χ0n) is 9.57. The van der Waals surface area contributed by atoms with Crippen LogP contribution < -0.4 is 5.32 Å². The van der Waals surface area contributed by atoms with Crippen LogP contribution in [0.5, 0.6) is 0 Å². The molecule has 1 saturated carbocycles. The number of halogens is 1. The molecule has 3 atom stereocenters. The van der Waals surface area contributed by atoms with Crippen LogP contribution in [0.4, 0.5) is 0 Å². The summed E-state index contributed by atoms with van der Waals surface area (Å²) in [6.07, 6.45) is 3.95. The van der Waals surface area contributed by atoms with E-state index in [1.54, 1.807) is 0 Å². The smallest absolute Gasteiger partial charge is 0.238 e. The molecule has 1 fully saturated rings. The van der Waals surface area contributed by atoms with Gasteiger partial charge in [-0.25, -0.2) is 8.42 Å². The monoisotopic (exact) mass is 267 g/mol. The van der Waals surface area contributed by atoms with Gasteiger partial charge < -0.3 is 5.32 Å². The highest BCUT2D eigenvalue weighted by Crippen LogP contribution is 2.28. The average Bonchev–Trinajstić information content (AvgIpc) is 2.58. The molecule has 1 rings (SSSR count). The topological polar surface area (TPSA) is 63.2 Å². The van der Waals surface area contributed by atoms with Crippen molar-refractivity contribution in [2.45, 2.75) is 36.8 Å². The van der Waals surface area contributed by atoms with Gasteiger partial charge in [0.1, 0.15) is 5.25 Å². The standard InChI is InChI=1S/C10H18ClNO3S/c1-7(16(2,14)15)10(13)12-6-8-3-4-9(11)5-8/h7-9H,3-6H2,1-2H3,(H,12,13). The van der Waals surface area contributed by atoms with Crippen molar-refractivity contribution in [3.05, 3.63) is 0 Å². The number of carbonyl (C=O) groups excluding carboxylic acids is 1. The number of nitrogens with one attached hydrogen (secondary N) is 1. The lowest BCUT2D eigenvalue weighted by atomic mass is 10.1. The summed E-state index contributed by atoms with van der Waals surface area (Å²) < 4.78 is 22.3. The number of hydrogen-bond acceptors (Lipinski definition) is 3. The Morgan fingerprint density at radius 1 is 1.50 bits per heavy atom. The highest BCUT2D eigenvalue weighted by atomic mass is 35.5. The van der Waals surface area contributed by atoms with Crippen molar-refractivity contribution in [3.8, 4) is 0 Å². The van der Waals surface area contributed by atoms with Crippen molar-refractivity contribution in [1.82, 2.24) is 5.32 Å². The predicted octanol–water partition coefficient (Wildman–Crippen LogP) is 0.943. The van der Waals surface area contributed by atoms with Crippen molar-refractivity contribution in [2.24, 2.45) is 5.92 Å². The van der Waals surface area contributed by atoms with Crippen LogP contribution in [0.25, 0.3) is 0 Å². The molecular formula is C10H18ClNO3S. The van der Waals surface area contributed by atoms with E-state index in [1.165, 1.54) is 6.92 Å². The Hall–Kier alpha value is -0.290. The van der Waals surface area contributed by atoms with Gasteiger partial charge in [-0.15, -0.1) is 11.6 Å². The Kier molecular flexibility index (Phi) is 4.62. The Morgan fingerprint density at radius 2 is 2.12 bits per heavy atom. The fraction of sp³-hybridized carbons (Fsp3) is 0.900. The number of amides is 1. The van der Waals surface area contributed by atoms with Gasteiger partial charge in [0.2, 0.25) is 5.91 Å². The van der Waals surface area contributed by atoms with Gasteiger partial charge in [-0.3, -0.25) is 4.79 Å². The maximum absolute atomic E-state index is 11.5. The van der Waals surface area contributed by atoms with Crippen LogP contribution in [-0.4, -0.2) is 37.8 Å². The molecule has 1 aliphatic carbocycles. The minimum absolute atomic E-state index is 0.203. The van der Waals surface area contributed by atoms with Gasteiger partial charge in [0.15, 0.2) is 9.84 Å². The third kappa shape index (κ3) is 3.94. The van der Waals surface area contributed by atoms with E-state index >= 15 is 0 Å². The summed E-state index contributed by atoms with van der Waals surface area (Å²) >= 11 is 5.95. The molecule has 0 radical (unpaired) electrons. The summed E-state index contributed by atoms with van der Waals surface area (Å²) in [6, 6.07) is 0. The summed E-state index contributed by atoms with van der Waals surface area (Å²) in [4.78, 5) is 11.5. The third-order valence-electron chi connectivity index (χ3n) is 3.05. The first kappa shape index (κ1) is 13.8. The molecule has 0 aromatic heterocycles. The molecule has 4 nitrogen and oxygen atoms in total. The second kappa shape index (κ2) is 5.36. The Morgan fingerprint density at radius 3 is 2.56 bits per heavy atom. The van der Waals surface area contributed by atoms with Crippen LogP contribution in [-0.2, 0) is 14.6 Å². The minimum Gasteiger partial charge on any atom is -0.355 e. The molecule has 0 aliphatic heterocycles. The van der Waals surface area contributed by atoms with Gasteiger partial charge in [-0.2, -0.15) is 0 Å². The van der Waals surface area contributed by atoms with E-state index in [9.17, 15) is 13.2 Å². The maximum atomic E-state index is 11.5. The zero-order chi connectivity index (χ0) is 12.3. The molecule has 0 bridgehead atoms. The molecule has 1 amide bonds. The molecule has 16 heavy (non-hydrogen) atoms. The summed E-state index contributed by atoms with van der Waals surface area (Å²) in [7, 11) is -3.30. The van der Waals surface area contributed by atoms with Gasteiger partial charge in [0, 0.05) is 18.2 Å². The molecule has 1 N–H and O–H groups in total. The predicted molar refractivity (Wildman–Crippen MR) is 64.3 cm³/mol. The Bertz CT molecular complexity index is 355. The molecule has 1 aliphatic rings. The van der Waals surface area contributed by atoms with E-state index in [1.807, 2.05) is 0 Å². The fourth-order valence-corrected chi connectivity index (χ4v) is 2.63. The van der Waals surface area contributed by atoms with E-state index in [2.05, 4.69) is 5.32 Å². The lowest BCUT2D eigenvalue weighted by Crippen LogP contribution is -2.39. The quantitative estimate of drug-likeness (QED) is 0.771. The summed E-state index contributed by atoms with van der Waals surface area (Å²) in [5.41, 5.74) is 0. The zero-order valence-corrected chi connectivity index (χ0v) is 11.1. The SMILES string of the molecule is CC(C(=O)NCC1CCC(Cl)C1)S(C)(=O)=O. The highest BCUT2D eigenvalue weighted by Gasteiger charge is 2.26. The van der Waals surface area contributed by atoms with Crippen molar-refractivity contribution >= 4 is 27.3 Å². The number of carbonyl (C=O) groups is 1. The van der Waals surface area contributed by atoms with Crippen LogP contribution in [0, 0.1) is 5.92 Å². The first-order chi connectivity index (χ1) is 7.30. The first-order valence-corrected chi connectivity index (χ1v) is 7.80. The summed E-state index contributed by atoms with van der Waals surface area (Å²) in [6.45, 7) is 1.94. The molecule has 3 unspecified atom stereocenters. The molecule has 94 valence electrons. The molecule has 0 spiro atoms. The van der Waals surface area contributed by atoms with Crippen LogP contribution >= 0.6 is 11.6 Å². The van der Waals surface area contributed by atoms with Crippen LogP contribution in [0.15, 0.2) is 0 Å². The largest absolute Gasteiger partial charge is 0.355 e. The fourth-order valence-electron chi connectivity index (χ4n) is 1.78. The summed E-state index contributed by atoms with van der Waals surface area (Å²) in [5, 5.41) is 1.91. The van der Waals surface area contributed by atoms with Crippen LogP contribution in [0.2, 0.25) is 0 Å². The van der Waals surface area contributed by atoms with Gasteiger partial charge in [-0.05, 0) is 32.1 Å². The average molecular weight is 268 g/mol. The number of sulfone groups is 1. The molecule has 0 saturated heterocycles. The van der Waals surface area contributed by atoms with Gasteiger partial charge in [0.25, 0.3) is 0 Å². The minimum atomic E-state index is -3.30. The van der Waals surface area contributed by atoms with Crippen molar-refractivity contribution in [2.75, 3.05) is 12.8 Å². The normalized spacial score (nSPS) is 27.7. The molecule has 0 aromatic carbocycles. The lowest BCUT2D eigenvalue weighted by Gasteiger charge is -2.13. The van der Waals surface area contributed by atoms with Crippen molar-refractivity contribution < 1.29 is 13.2 Å². The number of rotatable bonds is 4. The van der Waals surface area contributed by atoms with E-state index < -0.39 is 21.0 Å². The lowest BCUT2D eigenvalue weighted by molar-refractivity contribution is -0.120. The second-order valence-electron chi connectivity index (χ2n) is 4.49. The number of hydrogen-bond donors (Lipinski definition) is 1. The molecule has 0 heterocycles. The van der Waals surface area contributed by atoms with E-state index in [0.717, 1.165) is 25.5 Å². The maximum Gasteiger partial charge on any atom is 0.238 e. The second-order valence-corrected chi connectivity index (χ2v) is 7.48. The molecule has 0 aromatic rings. The van der Waals surface area contributed by atoms with Gasteiger partial charge in [0.05, 0.1) is 0 Å². The van der Waals surface area contributed by atoms with E-state index in [0.29, 0.717) is 12.5 Å². The number of alkyl halides is 1. The van der Waals surface area contributed by atoms with Crippen LogP contribution in [0.1, 0.15) is 26.2 Å². The van der Waals surface area contributed by atoms with E-state index in [4.69, 9.17) is 11.6 Å². The van der Waals surface area contributed by atoms with Crippen molar-refractivity contribution in [1.29, 1.82) is 0 Å². The summed E-state index contributed by atoms with van der Waals surface area (Å²) in [5.74, 6) is -0.0290. The first-order valence-electron chi connectivity index (χ1n) is 5.41. The Labute approximate surface area is 102 Å². The molecule has 6 heteroatoms.